The van der Waals surface area contributed by atoms with Crippen molar-refractivity contribution in [2.45, 2.75) is 19.8 Å². The summed E-state index contributed by atoms with van der Waals surface area (Å²) in [7, 11) is 0. The van der Waals surface area contributed by atoms with Crippen LogP contribution in [0.25, 0.3) is 0 Å². The summed E-state index contributed by atoms with van der Waals surface area (Å²) >= 11 is 0. The quantitative estimate of drug-likeness (QED) is 0.775. The Bertz CT molecular complexity index is 701. The topological polar surface area (TPSA) is 90.5 Å². The molecule has 128 valence electrons. The second-order valence-corrected chi connectivity index (χ2v) is 6.36. The second-order valence-electron chi connectivity index (χ2n) is 6.36. The molecule has 8 heteroatoms. The normalized spacial score (nSPS) is 24.0. The minimum absolute atomic E-state index is 0.0347. The molecule has 2 heterocycles. The fourth-order valence-electron chi connectivity index (χ4n) is 2.88. The maximum Gasteiger partial charge on any atom is 0.328 e. The van der Waals surface area contributed by atoms with Crippen LogP contribution in [-0.4, -0.2) is 37.5 Å². The fraction of sp³-hybridized carbons (Fsp3) is 0.438. The molecule has 2 fully saturated rings. The molecule has 2 aliphatic heterocycles. The van der Waals surface area contributed by atoms with Gasteiger partial charge in [-0.05, 0) is 38.1 Å². The molecule has 3 rings (SSSR count). The van der Waals surface area contributed by atoms with Crippen LogP contribution in [0.5, 0.6) is 0 Å². The van der Waals surface area contributed by atoms with E-state index in [2.05, 4.69) is 16.0 Å². The molecule has 0 bridgehead atoms. The Labute approximate surface area is 138 Å². The standard InChI is InChI=1S/C16H19FN4O3/c1-16(5-6-18-9-16)14(23)19-10-2-3-11(17)12(8-10)21-7-4-13(22)20-15(21)24/h2-3,8,18H,4-7,9H2,1H3,(H,19,23)(H,20,22,24). The van der Waals surface area contributed by atoms with Crippen LogP contribution in [0.1, 0.15) is 19.8 Å². The summed E-state index contributed by atoms with van der Waals surface area (Å²) in [6.07, 6.45) is 0.828. The van der Waals surface area contributed by atoms with E-state index < -0.39 is 17.3 Å². The van der Waals surface area contributed by atoms with Crippen molar-refractivity contribution in [2.75, 3.05) is 29.9 Å². The molecule has 0 saturated carbocycles. The van der Waals surface area contributed by atoms with Gasteiger partial charge in [-0.2, -0.15) is 0 Å². The van der Waals surface area contributed by atoms with Gasteiger partial charge in [0.05, 0.1) is 11.1 Å². The minimum atomic E-state index is -0.666. The van der Waals surface area contributed by atoms with E-state index in [4.69, 9.17) is 0 Å². The van der Waals surface area contributed by atoms with Gasteiger partial charge in [0.25, 0.3) is 0 Å². The molecule has 0 aromatic heterocycles. The Kier molecular flexibility index (Phi) is 4.23. The molecule has 1 aromatic carbocycles. The van der Waals surface area contributed by atoms with Crippen molar-refractivity contribution >= 4 is 29.2 Å². The Hall–Kier alpha value is -2.48. The lowest BCUT2D eigenvalue weighted by atomic mass is 9.89. The number of hydrogen-bond acceptors (Lipinski definition) is 4. The van der Waals surface area contributed by atoms with E-state index in [1.54, 1.807) is 0 Å². The molecular formula is C16H19FN4O3. The van der Waals surface area contributed by atoms with E-state index in [9.17, 15) is 18.8 Å². The Morgan fingerprint density at radius 2 is 2.17 bits per heavy atom. The van der Waals surface area contributed by atoms with Gasteiger partial charge in [-0.3, -0.25) is 19.8 Å². The predicted molar refractivity (Wildman–Crippen MR) is 86.1 cm³/mol. The zero-order valence-electron chi connectivity index (χ0n) is 13.3. The number of nitrogens with zero attached hydrogens (tertiary/aromatic N) is 1. The number of nitrogens with one attached hydrogen (secondary N) is 3. The maximum atomic E-state index is 14.1. The highest BCUT2D eigenvalue weighted by Crippen LogP contribution is 2.29. The molecule has 4 amide bonds. The van der Waals surface area contributed by atoms with Crippen molar-refractivity contribution in [1.82, 2.24) is 10.6 Å². The molecule has 2 aliphatic rings. The first kappa shape index (κ1) is 16.4. The summed E-state index contributed by atoms with van der Waals surface area (Å²) in [5, 5.41) is 8.08. The number of halogens is 1. The van der Waals surface area contributed by atoms with Gasteiger partial charge in [0, 0.05) is 25.2 Å². The lowest BCUT2D eigenvalue weighted by Crippen LogP contribution is -2.49. The summed E-state index contributed by atoms with van der Waals surface area (Å²) in [5.74, 6) is -1.13. The molecule has 0 aliphatic carbocycles. The van der Waals surface area contributed by atoms with Gasteiger partial charge in [0.15, 0.2) is 0 Å². The average Bonchev–Trinajstić information content (AvgIpc) is 2.98. The first-order chi connectivity index (χ1) is 11.4. The van der Waals surface area contributed by atoms with Crippen molar-refractivity contribution in [3.05, 3.63) is 24.0 Å². The maximum absolute atomic E-state index is 14.1. The summed E-state index contributed by atoms with van der Waals surface area (Å²) in [4.78, 5) is 36.7. The van der Waals surface area contributed by atoms with Gasteiger partial charge in [-0.15, -0.1) is 0 Å². The van der Waals surface area contributed by atoms with Crippen molar-refractivity contribution < 1.29 is 18.8 Å². The number of amides is 4. The van der Waals surface area contributed by atoms with Crippen molar-refractivity contribution in [3.63, 3.8) is 0 Å². The molecule has 7 nitrogen and oxygen atoms in total. The van der Waals surface area contributed by atoms with E-state index >= 15 is 0 Å². The van der Waals surface area contributed by atoms with E-state index in [-0.39, 0.29) is 30.5 Å². The number of imide groups is 1. The number of carbonyl (C=O) groups is 3. The van der Waals surface area contributed by atoms with Gasteiger partial charge in [0.2, 0.25) is 11.8 Å². The average molecular weight is 334 g/mol. The molecule has 1 aromatic rings. The van der Waals surface area contributed by atoms with E-state index in [1.807, 2.05) is 6.92 Å². The molecule has 0 spiro atoms. The molecule has 24 heavy (non-hydrogen) atoms. The molecule has 3 N–H and O–H groups in total. The fourth-order valence-corrected chi connectivity index (χ4v) is 2.88. The number of anilines is 2. The first-order valence-electron chi connectivity index (χ1n) is 7.82. The highest BCUT2D eigenvalue weighted by Gasteiger charge is 2.36. The predicted octanol–water partition coefficient (Wildman–Crippen LogP) is 1.21. The summed E-state index contributed by atoms with van der Waals surface area (Å²) < 4.78 is 14.1. The highest BCUT2D eigenvalue weighted by molar-refractivity contribution is 6.06. The number of carbonyl (C=O) groups excluding carboxylic acids is 3. The number of rotatable bonds is 3. The lowest BCUT2D eigenvalue weighted by Gasteiger charge is -2.27. The van der Waals surface area contributed by atoms with E-state index in [0.717, 1.165) is 17.9 Å². The van der Waals surface area contributed by atoms with Crippen LogP contribution >= 0.6 is 0 Å². The molecule has 2 saturated heterocycles. The van der Waals surface area contributed by atoms with Crippen LogP contribution in [0, 0.1) is 11.2 Å². The van der Waals surface area contributed by atoms with Gasteiger partial charge in [-0.1, -0.05) is 0 Å². The first-order valence-corrected chi connectivity index (χ1v) is 7.82. The Morgan fingerprint density at radius 1 is 1.38 bits per heavy atom. The third kappa shape index (κ3) is 3.09. The Morgan fingerprint density at radius 3 is 2.83 bits per heavy atom. The largest absolute Gasteiger partial charge is 0.328 e. The molecule has 0 radical (unpaired) electrons. The van der Waals surface area contributed by atoms with Gasteiger partial charge in [-0.25, -0.2) is 9.18 Å². The summed E-state index contributed by atoms with van der Waals surface area (Å²) in [5.41, 5.74) is -0.0644. The number of benzene rings is 1. The van der Waals surface area contributed by atoms with Crippen molar-refractivity contribution in [3.8, 4) is 0 Å². The minimum Gasteiger partial charge on any atom is -0.325 e. The van der Waals surface area contributed by atoms with E-state index in [0.29, 0.717) is 12.2 Å². The van der Waals surface area contributed by atoms with Crippen LogP contribution in [0.15, 0.2) is 18.2 Å². The van der Waals surface area contributed by atoms with E-state index in [1.165, 1.54) is 18.2 Å². The van der Waals surface area contributed by atoms with Crippen LogP contribution < -0.4 is 20.9 Å². The monoisotopic (exact) mass is 334 g/mol. The van der Waals surface area contributed by atoms with Gasteiger partial charge >= 0.3 is 6.03 Å². The lowest BCUT2D eigenvalue weighted by molar-refractivity contribution is -0.124. The second kappa shape index (κ2) is 6.20. The smallest absolute Gasteiger partial charge is 0.325 e. The zero-order chi connectivity index (χ0) is 17.3. The Balaban J connectivity index is 1.80. The third-order valence-electron chi connectivity index (χ3n) is 4.47. The summed E-state index contributed by atoms with van der Waals surface area (Å²) in [6.45, 7) is 3.33. The van der Waals surface area contributed by atoms with Crippen molar-refractivity contribution in [1.29, 1.82) is 0 Å². The van der Waals surface area contributed by atoms with Crippen LogP contribution in [-0.2, 0) is 9.59 Å². The highest BCUT2D eigenvalue weighted by atomic mass is 19.1. The molecule has 1 unspecified atom stereocenters. The SMILES string of the molecule is CC1(C(=O)Nc2ccc(F)c(N3CCC(=O)NC3=O)c2)CCNC1. The number of urea groups is 1. The molecular weight excluding hydrogens is 315 g/mol. The van der Waals surface area contributed by atoms with Crippen LogP contribution in [0.4, 0.5) is 20.6 Å². The number of hydrogen-bond donors (Lipinski definition) is 3. The summed E-state index contributed by atoms with van der Waals surface area (Å²) in [6, 6.07) is 3.40. The third-order valence-corrected chi connectivity index (χ3v) is 4.47. The van der Waals surface area contributed by atoms with Crippen LogP contribution in [0.2, 0.25) is 0 Å². The van der Waals surface area contributed by atoms with Gasteiger partial charge < -0.3 is 10.6 Å². The van der Waals surface area contributed by atoms with Crippen LogP contribution in [0.3, 0.4) is 0 Å². The zero-order valence-corrected chi connectivity index (χ0v) is 13.3. The molecule has 1 atom stereocenters. The van der Waals surface area contributed by atoms with Crippen molar-refractivity contribution in [2.24, 2.45) is 5.41 Å². The van der Waals surface area contributed by atoms with Gasteiger partial charge in [0.1, 0.15) is 5.82 Å².